The minimum absolute atomic E-state index is 0.0116. The molecule has 1 rings (SSSR count). The van der Waals surface area contributed by atoms with E-state index in [-0.39, 0.29) is 12.1 Å². The van der Waals surface area contributed by atoms with Gasteiger partial charge in [0.1, 0.15) is 6.10 Å². The number of rotatable bonds is 1. The Labute approximate surface area is 59.9 Å². The molecule has 0 aromatic heterocycles. The van der Waals surface area contributed by atoms with Crippen LogP contribution in [0.4, 0.5) is 4.79 Å². The number of nitrogens with two attached hydrogens (primary N) is 1. The highest BCUT2D eigenvalue weighted by atomic mass is 16.6. The number of carbonyl (C=O) groups excluding carboxylic acids is 1. The van der Waals surface area contributed by atoms with Crippen LogP contribution in [0.5, 0.6) is 0 Å². The van der Waals surface area contributed by atoms with Crippen LogP contribution >= 0.6 is 0 Å². The fourth-order valence-electron chi connectivity index (χ4n) is 1.06. The fraction of sp³-hybridized carbons (Fsp3) is 0.833. The maximum Gasteiger partial charge on any atom is 0.424 e. The standard InChI is InChI=1S/C6H12N2O2/c1-3-5-4(2)8(7)6(9)10-5/h4-5H,3,7H2,1-2H3/t4-,5-/m0/s1. The highest BCUT2D eigenvalue weighted by molar-refractivity contribution is 5.69. The average molecular weight is 144 g/mol. The molecule has 1 saturated heterocycles. The third-order valence-corrected chi connectivity index (χ3v) is 1.84. The van der Waals surface area contributed by atoms with E-state index in [0.29, 0.717) is 0 Å². The van der Waals surface area contributed by atoms with E-state index in [1.807, 2.05) is 13.8 Å². The van der Waals surface area contributed by atoms with Gasteiger partial charge in [-0.25, -0.2) is 15.6 Å². The molecule has 0 unspecified atom stereocenters. The summed E-state index contributed by atoms with van der Waals surface area (Å²) in [6.45, 7) is 3.84. The first-order chi connectivity index (χ1) is 4.66. The molecular formula is C6H12N2O2. The van der Waals surface area contributed by atoms with Gasteiger partial charge in [0.2, 0.25) is 0 Å². The van der Waals surface area contributed by atoms with Crippen LogP contribution in [0.3, 0.4) is 0 Å². The van der Waals surface area contributed by atoms with Crippen LogP contribution in [0, 0.1) is 0 Å². The van der Waals surface area contributed by atoms with Gasteiger partial charge in [-0.05, 0) is 13.3 Å². The van der Waals surface area contributed by atoms with Gasteiger partial charge >= 0.3 is 6.09 Å². The van der Waals surface area contributed by atoms with Gasteiger partial charge in [0.15, 0.2) is 0 Å². The molecule has 1 fully saturated rings. The third-order valence-electron chi connectivity index (χ3n) is 1.84. The van der Waals surface area contributed by atoms with E-state index in [4.69, 9.17) is 10.6 Å². The van der Waals surface area contributed by atoms with Crippen molar-refractivity contribution in [2.24, 2.45) is 5.84 Å². The second kappa shape index (κ2) is 2.46. The number of hydrogen-bond donors (Lipinski definition) is 1. The molecule has 0 aliphatic carbocycles. The largest absolute Gasteiger partial charge is 0.443 e. The van der Waals surface area contributed by atoms with Crippen LogP contribution in [-0.4, -0.2) is 23.2 Å². The van der Waals surface area contributed by atoms with Crippen molar-refractivity contribution in [3.8, 4) is 0 Å². The zero-order valence-electron chi connectivity index (χ0n) is 6.20. The van der Waals surface area contributed by atoms with E-state index in [1.165, 1.54) is 0 Å². The Bertz CT molecular complexity index is 149. The summed E-state index contributed by atoms with van der Waals surface area (Å²) in [6, 6.07) is 0.0116. The lowest BCUT2D eigenvalue weighted by Crippen LogP contribution is -2.39. The fourth-order valence-corrected chi connectivity index (χ4v) is 1.06. The van der Waals surface area contributed by atoms with Crippen LogP contribution in [0.1, 0.15) is 20.3 Å². The van der Waals surface area contributed by atoms with Gasteiger partial charge in [-0.15, -0.1) is 0 Å². The molecule has 58 valence electrons. The Hall–Kier alpha value is -0.770. The van der Waals surface area contributed by atoms with Crippen molar-refractivity contribution in [2.75, 3.05) is 0 Å². The Morgan fingerprint density at radius 3 is 2.60 bits per heavy atom. The molecule has 0 radical (unpaired) electrons. The Kier molecular flexibility index (Phi) is 1.80. The summed E-state index contributed by atoms with van der Waals surface area (Å²) in [5.74, 6) is 5.35. The van der Waals surface area contributed by atoms with Gasteiger partial charge in [0.25, 0.3) is 0 Å². The Morgan fingerprint density at radius 1 is 1.80 bits per heavy atom. The molecule has 0 aromatic rings. The predicted molar refractivity (Wildman–Crippen MR) is 36.0 cm³/mol. The van der Waals surface area contributed by atoms with Crippen LogP contribution in [0.2, 0.25) is 0 Å². The second-order valence-corrected chi connectivity index (χ2v) is 2.48. The number of carbonyl (C=O) groups is 1. The van der Waals surface area contributed by atoms with Crippen LogP contribution in [0.25, 0.3) is 0 Å². The predicted octanol–water partition coefficient (Wildman–Crippen LogP) is 0.479. The van der Waals surface area contributed by atoms with Crippen molar-refractivity contribution in [3.63, 3.8) is 0 Å². The molecule has 4 nitrogen and oxygen atoms in total. The van der Waals surface area contributed by atoms with Gasteiger partial charge in [0, 0.05) is 0 Å². The summed E-state index contributed by atoms with van der Waals surface area (Å²) in [4.78, 5) is 10.7. The SMILES string of the molecule is CC[C@@H]1OC(=O)N(N)[C@H]1C. The molecule has 10 heavy (non-hydrogen) atoms. The molecular weight excluding hydrogens is 132 g/mol. The van der Waals surface area contributed by atoms with Crippen LogP contribution in [0.15, 0.2) is 0 Å². The van der Waals surface area contributed by atoms with Gasteiger partial charge < -0.3 is 4.74 Å². The first-order valence-electron chi connectivity index (χ1n) is 3.41. The molecule has 0 saturated carbocycles. The lowest BCUT2D eigenvalue weighted by Gasteiger charge is -2.13. The Morgan fingerprint density at radius 2 is 2.40 bits per heavy atom. The number of nitrogens with zero attached hydrogens (tertiary/aromatic N) is 1. The summed E-state index contributed by atoms with van der Waals surface area (Å²) >= 11 is 0. The minimum atomic E-state index is -0.417. The first kappa shape index (κ1) is 7.34. The molecule has 1 amide bonds. The van der Waals surface area contributed by atoms with Crippen molar-refractivity contribution in [1.82, 2.24) is 5.01 Å². The van der Waals surface area contributed by atoms with E-state index in [2.05, 4.69) is 0 Å². The van der Waals surface area contributed by atoms with E-state index < -0.39 is 6.09 Å². The average Bonchev–Trinajstić information content (AvgIpc) is 2.17. The van der Waals surface area contributed by atoms with Gasteiger partial charge in [-0.1, -0.05) is 6.92 Å². The summed E-state index contributed by atoms with van der Waals surface area (Å²) in [5, 5.41) is 1.13. The van der Waals surface area contributed by atoms with E-state index >= 15 is 0 Å². The molecule has 1 aliphatic heterocycles. The maximum absolute atomic E-state index is 10.7. The molecule has 1 aliphatic rings. The van der Waals surface area contributed by atoms with Crippen molar-refractivity contribution in [3.05, 3.63) is 0 Å². The zero-order valence-corrected chi connectivity index (χ0v) is 6.20. The van der Waals surface area contributed by atoms with Gasteiger partial charge in [0.05, 0.1) is 6.04 Å². The third kappa shape index (κ3) is 0.945. The van der Waals surface area contributed by atoms with Crippen LogP contribution in [-0.2, 0) is 4.74 Å². The number of hydrazine groups is 1. The van der Waals surface area contributed by atoms with E-state index in [0.717, 1.165) is 11.4 Å². The summed E-state index contributed by atoms with van der Waals surface area (Å²) in [5.41, 5.74) is 0. The molecule has 0 bridgehead atoms. The smallest absolute Gasteiger partial charge is 0.424 e. The van der Waals surface area contributed by atoms with Gasteiger partial charge in [-0.3, -0.25) is 0 Å². The highest BCUT2D eigenvalue weighted by Gasteiger charge is 2.35. The Balaban J connectivity index is 2.61. The molecule has 2 atom stereocenters. The number of ether oxygens (including phenoxy) is 1. The van der Waals surface area contributed by atoms with Crippen molar-refractivity contribution in [2.45, 2.75) is 32.4 Å². The van der Waals surface area contributed by atoms with Crippen LogP contribution < -0.4 is 5.84 Å². The topological polar surface area (TPSA) is 55.6 Å². The van der Waals surface area contributed by atoms with Gasteiger partial charge in [-0.2, -0.15) is 0 Å². The first-order valence-corrected chi connectivity index (χ1v) is 3.41. The van der Waals surface area contributed by atoms with Crippen molar-refractivity contribution in [1.29, 1.82) is 0 Å². The van der Waals surface area contributed by atoms with E-state index in [9.17, 15) is 4.79 Å². The summed E-state index contributed by atoms with van der Waals surface area (Å²) in [7, 11) is 0. The molecule has 0 aromatic carbocycles. The normalized spacial score (nSPS) is 32.7. The second-order valence-electron chi connectivity index (χ2n) is 2.48. The minimum Gasteiger partial charge on any atom is -0.443 e. The lowest BCUT2D eigenvalue weighted by atomic mass is 10.1. The maximum atomic E-state index is 10.7. The molecule has 2 N–H and O–H groups in total. The number of hydrogen-bond acceptors (Lipinski definition) is 3. The zero-order chi connectivity index (χ0) is 7.72. The summed E-state index contributed by atoms with van der Waals surface area (Å²) < 4.78 is 4.90. The highest BCUT2D eigenvalue weighted by Crippen LogP contribution is 2.17. The van der Waals surface area contributed by atoms with E-state index in [1.54, 1.807) is 0 Å². The quantitative estimate of drug-likeness (QED) is 0.430. The number of cyclic esters (lactones) is 1. The lowest BCUT2D eigenvalue weighted by molar-refractivity contribution is 0.128. The molecule has 1 heterocycles. The monoisotopic (exact) mass is 144 g/mol. The summed E-state index contributed by atoms with van der Waals surface area (Å²) in [6.07, 6.45) is 0.373. The number of amides is 1. The van der Waals surface area contributed by atoms with Crippen molar-refractivity contribution < 1.29 is 9.53 Å². The molecule has 0 spiro atoms. The molecule has 4 heteroatoms. The van der Waals surface area contributed by atoms with Crippen molar-refractivity contribution >= 4 is 6.09 Å².